The minimum absolute atomic E-state index is 0.154. The van der Waals surface area contributed by atoms with Gasteiger partial charge in [-0.1, -0.05) is 29.8 Å². The third-order valence-corrected chi connectivity index (χ3v) is 6.85. The Labute approximate surface area is 213 Å². The van der Waals surface area contributed by atoms with Crippen molar-refractivity contribution in [1.29, 1.82) is 0 Å². The smallest absolute Gasteiger partial charge is 0.276 e. The molecule has 4 heterocycles. The number of para-hydroxylation sites is 1. The number of benzene rings is 2. The van der Waals surface area contributed by atoms with E-state index < -0.39 is 0 Å². The first kappa shape index (κ1) is 22.4. The summed E-state index contributed by atoms with van der Waals surface area (Å²) in [6, 6.07) is 17.2. The summed E-state index contributed by atoms with van der Waals surface area (Å²) in [4.78, 5) is 25.3. The maximum Gasteiger partial charge on any atom is 0.276 e. The van der Waals surface area contributed by atoms with Crippen molar-refractivity contribution in [1.82, 2.24) is 14.6 Å². The van der Waals surface area contributed by atoms with Crippen molar-refractivity contribution >= 4 is 45.0 Å². The molecule has 0 spiro atoms. The SMILES string of the molecule is CN(C)c1c(C(=O)N([C@H]2CCOc3ccccc32)n2ccc3cc(Cl)ccc32)cnc2cnccc12. The molecule has 1 aliphatic rings. The van der Waals surface area contributed by atoms with Crippen molar-refractivity contribution in [3.05, 3.63) is 95.5 Å². The molecule has 1 aliphatic heterocycles. The molecule has 0 radical (unpaired) electrons. The van der Waals surface area contributed by atoms with E-state index in [-0.39, 0.29) is 11.9 Å². The molecule has 0 unspecified atom stereocenters. The summed E-state index contributed by atoms with van der Waals surface area (Å²) in [6.07, 6.45) is 7.67. The Morgan fingerprint density at radius 3 is 2.83 bits per heavy atom. The van der Waals surface area contributed by atoms with E-state index >= 15 is 0 Å². The van der Waals surface area contributed by atoms with Crippen LogP contribution in [0.5, 0.6) is 5.75 Å². The summed E-state index contributed by atoms with van der Waals surface area (Å²) in [7, 11) is 3.88. The van der Waals surface area contributed by atoms with Gasteiger partial charge in [-0.15, -0.1) is 0 Å². The van der Waals surface area contributed by atoms with Crippen LogP contribution in [0.3, 0.4) is 0 Å². The number of hydrogen-bond acceptors (Lipinski definition) is 5. The van der Waals surface area contributed by atoms with Gasteiger partial charge in [0.1, 0.15) is 5.75 Å². The van der Waals surface area contributed by atoms with Crippen LogP contribution in [0.25, 0.3) is 21.8 Å². The summed E-state index contributed by atoms with van der Waals surface area (Å²) in [5, 5.41) is 4.31. The molecule has 180 valence electrons. The van der Waals surface area contributed by atoms with Gasteiger partial charge < -0.3 is 9.64 Å². The van der Waals surface area contributed by atoms with E-state index in [9.17, 15) is 4.79 Å². The van der Waals surface area contributed by atoms with E-state index in [1.165, 1.54) is 0 Å². The third kappa shape index (κ3) is 3.63. The highest BCUT2D eigenvalue weighted by Crippen LogP contribution is 2.38. The standard InChI is InChI=1S/C28H24ClN5O2/c1-32(2)27-20-9-12-30-17-23(20)31-16-22(27)28(35)34(25-11-14-36-26-6-4-3-5-21(25)26)33-13-10-18-15-19(29)7-8-24(18)33/h3-10,12-13,15-17,25H,11,14H2,1-2H3/t25-/m0/s1. The third-order valence-electron chi connectivity index (χ3n) is 6.61. The summed E-state index contributed by atoms with van der Waals surface area (Å²) in [5.74, 6) is 0.640. The lowest BCUT2D eigenvalue weighted by atomic mass is 9.99. The predicted octanol–water partition coefficient (Wildman–Crippen LogP) is 5.61. The first-order valence-electron chi connectivity index (χ1n) is 11.7. The maximum absolute atomic E-state index is 14.6. The Morgan fingerprint density at radius 1 is 1.11 bits per heavy atom. The highest BCUT2D eigenvalue weighted by Gasteiger charge is 2.34. The van der Waals surface area contributed by atoms with Gasteiger partial charge in [0.15, 0.2) is 0 Å². The van der Waals surface area contributed by atoms with E-state index in [0.29, 0.717) is 23.6 Å². The molecule has 7 nitrogen and oxygen atoms in total. The molecule has 1 amide bonds. The molecule has 6 rings (SSSR count). The highest BCUT2D eigenvalue weighted by atomic mass is 35.5. The van der Waals surface area contributed by atoms with Crippen LogP contribution in [-0.2, 0) is 0 Å². The Hall–Kier alpha value is -4.10. The molecular formula is C28H24ClN5O2. The van der Waals surface area contributed by atoms with Crippen LogP contribution >= 0.6 is 11.6 Å². The van der Waals surface area contributed by atoms with Gasteiger partial charge >= 0.3 is 0 Å². The second-order valence-corrected chi connectivity index (χ2v) is 9.45. The molecule has 1 atom stereocenters. The highest BCUT2D eigenvalue weighted by molar-refractivity contribution is 6.31. The van der Waals surface area contributed by atoms with Crippen molar-refractivity contribution < 1.29 is 9.53 Å². The number of hydrogen-bond donors (Lipinski definition) is 0. The second-order valence-electron chi connectivity index (χ2n) is 9.01. The molecule has 36 heavy (non-hydrogen) atoms. The van der Waals surface area contributed by atoms with Crippen molar-refractivity contribution in [3.63, 3.8) is 0 Å². The molecule has 5 aromatic rings. The van der Waals surface area contributed by atoms with Gasteiger partial charge in [-0.25, -0.2) is 5.01 Å². The number of anilines is 1. The van der Waals surface area contributed by atoms with Gasteiger partial charge in [0, 0.05) is 60.5 Å². The quantitative estimate of drug-likeness (QED) is 0.323. The number of halogens is 1. The molecule has 0 aliphatic carbocycles. The zero-order valence-electron chi connectivity index (χ0n) is 19.9. The number of fused-ring (bicyclic) bond motifs is 3. The molecule has 0 saturated carbocycles. The number of aromatic nitrogens is 3. The van der Waals surface area contributed by atoms with E-state index in [1.54, 1.807) is 18.6 Å². The fraction of sp³-hybridized carbons (Fsp3) is 0.179. The lowest BCUT2D eigenvalue weighted by Gasteiger charge is -2.37. The number of carbonyl (C=O) groups excluding carboxylic acids is 1. The molecule has 0 N–H and O–H groups in total. The number of carbonyl (C=O) groups is 1. The monoisotopic (exact) mass is 497 g/mol. The molecular weight excluding hydrogens is 474 g/mol. The number of ether oxygens (including phenoxy) is 1. The fourth-order valence-corrected chi connectivity index (χ4v) is 5.23. The lowest BCUT2D eigenvalue weighted by molar-refractivity contribution is 0.0934. The maximum atomic E-state index is 14.6. The van der Waals surface area contributed by atoms with Gasteiger partial charge in [-0.3, -0.25) is 19.4 Å². The second kappa shape index (κ2) is 8.84. The Kier molecular flexibility index (Phi) is 5.49. The van der Waals surface area contributed by atoms with Crippen molar-refractivity contribution in [2.24, 2.45) is 0 Å². The van der Waals surface area contributed by atoms with Crippen molar-refractivity contribution in [3.8, 4) is 5.75 Å². The van der Waals surface area contributed by atoms with Gasteiger partial charge in [-0.2, -0.15) is 0 Å². The van der Waals surface area contributed by atoms with Gasteiger partial charge in [-0.05, 0) is 36.4 Å². The normalized spacial score (nSPS) is 14.9. The van der Waals surface area contributed by atoms with Crippen LogP contribution < -0.4 is 14.6 Å². The Balaban J connectivity index is 1.59. The van der Waals surface area contributed by atoms with Gasteiger partial charge in [0.25, 0.3) is 5.91 Å². The molecule has 2 aromatic carbocycles. The Bertz CT molecular complexity index is 1610. The number of nitrogens with zero attached hydrogens (tertiary/aromatic N) is 5. The summed E-state index contributed by atoms with van der Waals surface area (Å²) in [6.45, 7) is 0.513. The zero-order valence-corrected chi connectivity index (χ0v) is 20.7. The molecule has 0 fully saturated rings. The summed E-state index contributed by atoms with van der Waals surface area (Å²) >= 11 is 6.27. The number of pyridine rings is 2. The fourth-order valence-electron chi connectivity index (χ4n) is 5.04. The number of rotatable bonds is 4. The lowest BCUT2D eigenvalue weighted by Crippen LogP contribution is -2.45. The Morgan fingerprint density at radius 2 is 1.97 bits per heavy atom. The van der Waals surface area contributed by atoms with E-state index in [4.69, 9.17) is 16.3 Å². The number of amides is 1. The van der Waals surface area contributed by atoms with Crippen LogP contribution in [0.15, 0.2) is 79.4 Å². The van der Waals surface area contributed by atoms with Crippen molar-refractivity contribution in [2.75, 3.05) is 30.6 Å². The van der Waals surface area contributed by atoms with E-state index in [1.807, 2.05) is 89.5 Å². The molecule has 0 saturated heterocycles. The topological polar surface area (TPSA) is 63.5 Å². The van der Waals surface area contributed by atoms with Crippen LogP contribution in [0.1, 0.15) is 28.4 Å². The van der Waals surface area contributed by atoms with Gasteiger partial charge in [0.2, 0.25) is 0 Å². The molecule has 3 aromatic heterocycles. The largest absolute Gasteiger partial charge is 0.493 e. The summed E-state index contributed by atoms with van der Waals surface area (Å²) < 4.78 is 7.86. The van der Waals surface area contributed by atoms with Crippen LogP contribution in [0, 0.1) is 0 Å². The first-order chi connectivity index (χ1) is 17.5. The minimum Gasteiger partial charge on any atom is -0.493 e. The van der Waals surface area contributed by atoms with Crippen LogP contribution in [0.4, 0.5) is 5.69 Å². The average Bonchev–Trinajstić information content (AvgIpc) is 3.30. The van der Waals surface area contributed by atoms with Crippen molar-refractivity contribution in [2.45, 2.75) is 12.5 Å². The molecule has 8 heteroatoms. The predicted molar refractivity (Wildman–Crippen MR) is 143 cm³/mol. The van der Waals surface area contributed by atoms with E-state index in [0.717, 1.165) is 38.8 Å². The minimum atomic E-state index is -0.239. The zero-order chi connectivity index (χ0) is 24.8. The molecule has 0 bridgehead atoms. The van der Waals surface area contributed by atoms with Crippen LogP contribution in [-0.4, -0.2) is 41.3 Å². The van der Waals surface area contributed by atoms with Crippen LogP contribution in [0.2, 0.25) is 5.02 Å². The van der Waals surface area contributed by atoms with Gasteiger partial charge in [0.05, 0.1) is 41.1 Å². The average molecular weight is 498 g/mol. The van der Waals surface area contributed by atoms with E-state index in [2.05, 4.69) is 9.97 Å². The summed E-state index contributed by atoms with van der Waals surface area (Å²) in [5.41, 5.74) is 3.91. The first-order valence-corrected chi connectivity index (χ1v) is 12.1.